The zero-order chi connectivity index (χ0) is 22.2. The summed E-state index contributed by atoms with van der Waals surface area (Å²) in [5.41, 5.74) is 6.95. The van der Waals surface area contributed by atoms with Crippen molar-refractivity contribution in [1.82, 2.24) is 10.9 Å². The summed E-state index contributed by atoms with van der Waals surface area (Å²) >= 11 is 3.31. The third kappa shape index (κ3) is 6.42. The van der Waals surface area contributed by atoms with Gasteiger partial charge in [-0.2, -0.15) is 0 Å². The summed E-state index contributed by atoms with van der Waals surface area (Å²) in [5, 5.41) is 2.79. The van der Waals surface area contributed by atoms with E-state index in [4.69, 9.17) is 4.74 Å². The van der Waals surface area contributed by atoms with Crippen LogP contribution in [0.25, 0.3) is 0 Å². The Morgan fingerprint density at radius 1 is 0.839 bits per heavy atom. The van der Waals surface area contributed by atoms with Crippen LogP contribution in [-0.4, -0.2) is 24.3 Å². The first-order valence-corrected chi connectivity index (χ1v) is 10.2. The van der Waals surface area contributed by atoms with Crippen LogP contribution >= 0.6 is 15.9 Å². The second-order valence-electron chi connectivity index (χ2n) is 6.59. The molecule has 0 saturated carbocycles. The van der Waals surface area contributed by atoms with Crippen molar-refractivity contribution in [2.75, 3.05) is 11.9 Å². The molecule has 0 aliphatic carbocycles. The van der Waals surface area contributed by atoms with Gasteiger partial charge in [0.2, 0.25) is 0 Å². The molecule has 7 nitrogen and oxygen atoms in total. The highest BCUT2D eigenvalue weighted by Gasteiger charge is 2.11. The van der Waals surface area contributed by atoms with E-state index >= 15 is 0 Å². The summed E-state index contributed by atoms with van der Waals surface area (Å²) in [6, 6.07) is 20.6. The van der Waals surface area contributed by atoms with Gasteiger partial charge < -0.3 is 10.1 Å². The van der Waals surface area contributed by atoms with Gasteiger partial charge in [0.15, 0.2) is 6.61 Å². The van der Waals surface area contributed by atoms with E-state index in [-0.39, 0.29) is 12.5 Å². The Labute approximate surface area is 187 Å². The van der Waals surface area contributed by atoms with Crippen molar-refractivity contribution in [2.24, 2.45) is 0 Å². The molecule has 0 saturated heterocycles. The van der Waals surface area contributed by atoms with Crippen LogP contribution in [0, 0.1) is 6.92 Å². The van der Waals surface area contributed by atoms with Crippen LogP contribution in [-0.2, 0) is 4.79 Å². The third-order valence-electron chi connectivity index (χ3n) is 4.29. The predicted molar refractivity (Wildman–Crippen MR) is 121 cm³/mol. The molecule has 3 amide bonds. The molecule has 0 aliphatic heterocycles. The Kier molecular flexibility index (Phi) is 7.40. The Morgan fingerprint density at radius 2 is 1.52 bits per heavy atom. The van der Waals surface area contributed by atoms with Crippen molar-refractivity contribution in [3.63, 3.8) is 0 Å². The van der Waals surface area contributed by atoms with E-state index in [9.17, 15) is 14.4 Å². The lowest BCUT2D eigenvalue weighted by atomic mass is 10.1. The number of hydrogen-bond donors (Lipinski definition) is 3. The van der Waals surface area contributed by atoms with Gasteiger partial charge >= 0.3 is 0 Å². The second kappa shape index (κ2) is 10.4. The van der Waals surface area contributed by atoms with Crippen LogP contribution < -0.4 is 20.9 Å². The van der Waals surface area contributed by atoms with E-state index in [1.54, 1.807) is 60.7 Å². The summed E-state index contributed by atoms with van der Waals surface area (Å²) in [5.74, 6) is -0.687. The number of nitrogens with one attached hydrogen (secondary N) is 3. The van der Waals surface area contributed by atoms with E-state index in [2.05, 4.69) is 32.1 Å². The van der Waals surface area contributed by atoms with Crippen molar-refractivity contribution < 1.29 is 19.1 Å². The number of hydrazine groups is 1. The lowest BCUT2D eigenvalue weighted by Gasteiger charge is -2.10. The number of carbonyl (C=O) groups is 3. The summed E-state index contributed by atoms with van der Waals surface area (Å²) in [4.78, 5) is 36.4. The van der Waals surface area contributed by atoms with Crippen LogP contribution in [0.1, 0.15) is 26.3 Å². The molecular weight excluding hydrogens is 462 g/mol. The van der Waals surface area contributed by atoms with Crippen LogP contribution in [0.15, 0.2) is 77.3 Å². The Balaban J connectivity index is 1.47. The Hall–Kier alpha value is -3.65. The number of rotatable bonds is 6. The maximum absolute atomic E-state index is 12.4. The molecule has 0 fully saturated rings. The molecule has 8 heteroatoms. The minimum absolute atomic E-state index is 0.228. The molecule has 0 radical (unpaired) electrons. The molecular formula is C23H20BrN3O4. The lowest BCUT2D eigenvalue weighted by Crippen LogP contribution is -2.43. The van der Waals surface area contributed by atoms with Gasteiger partial charge in [-0.1, -0.05) is 34.1 Å². The van der Waals surface area contributed by atoms with Gasteiger partial charge in [-0.25, -0.2) is 0 Å². The molecule has 3 rings (SSSR count). The number of carbonyl (C=O) groups excluding carboxylic acids is 3. The zero-order valence-electron chi connectivity index (χ0n) is 16.6. The van der Waals surface area contributed by atoms with Crippen molar-refractivity contribution in [1.29, 1.82) is 0 Å². The van der Waals surface area contributed by atoms with Crippen molar-refractivity contribution in [2.45, 2.75) is 6.92 Å². The fraction of sp³-hybridized carbons (Fsp3) is 0.0870. The second-order valence-corrected chi connectivity index (χ2v) is 7.51. The molecule has 0 unspecified atom stereocenters. The number of amides is 3. The van der Waals surface area contributed by atoms with Crippen LogP contribution in [0.5, 0.6) is 5.75 Å². The number of halogens is 1. The molecule has 3 N–H and O–H groups in total. The topological polar surface area (TPSA) is 96.5 Å². The largest absolute Gasteiger partial charge is 0.484 e. The molecule has 0 aromatic heterocycles. The van der Waals surface area contributed by atoms with Gasteiger partial charge in [0.25, 0.3) is 17.7 Å². The number of hydrogen-bond acceptors (Lipinski definition) is 4. The van der Waals surface area contributed by atoms with Gasteiger partial charge in [-0.15, -0.1) is 0 Å². The van der Waals surface area contributed by atoms with Crippen molar-refractivity contribution in [3.8, 4) is 5.75 Å². The maximum Gasteiger partial charge on any atom is 0.276 e. The molecule has 31 heavy (non-hydrogen) atoms. The average Bonchev–Trinajstić information content (AvgIpc) is 2.78. The van der Waals surface area contributed by atoms with Gasteiger partial charge in [0.1, 0.15) is 5.75 Å². The molecule has 0 atom stereocenters. The van der Waals surface area contributed by atoms with E-state index in [1.165, 1.54) is 0 Å². The number of aryl methyl sites for hydroxylation is 1. The first-order chi connectivity index (χ1) is 14.9. The molecule has 0 heterocycles. The monoisotopic (exact) mass is 481 g/mol. The maximum atomic E-state index is 12.4. The molecule has 3 aromatic rings. The average molecular weight is 482 g/mol. The third-order valence-corrected chi connectivity index (χ3v) is 4.82. The lowest BCUT2D eigenvalue weighted by molar-refractivity contribution is -0.123. The van der Waals surface area contributed by atoms with Gasteiger partial charge in [-0.05, 0) is 67.1 Å². The van der Waals surface area contributed by atoms with Gasteiger partial charge in [0.05, 0.1) is 0 Å². The summed E-state index contributed by atoms with van der Waals surface area (Å²) in [6.07, 6.45) is 0. The smallest absolute Gasteiger partial charge is 0.276 e. The van der Waals surface area contributed by atoms with Crippen molar-refractivity contribution in [3.05, 3.63) is 94.0 Å². The highest BCUT2D eigenvalue weighted by atomic mass is 79.9. The standard InChI is InChI=1S/C23H20BrN3O4/c1-15-4-2-3-5-20(15)23(30)25-18-10-6-16(7-11-18)22(29)27-26-21(28)14-31-19-12-8-17(24)9-13-19/h2-13H,14H2,1H3,(H,25,30)(H,26,28)(H,27,29). The summed E-state index contributed by atoms with van der Waals surface area (Å²) < 4.78 is 6.23. The first-order valence-electron chi connectivity index (χ1n) is 9.37. The first kappa shape index (κ1) is 22.0. The molecule has 158 valence electrons. The van der Waals surface area contributed by atoms with Crippen LogP contribution in [0.2, 0.25) is 0 Å². The van der Waals surface area contributed by atoms with Gasteiger partial charge in [0, 0.05) is 21.3 Å². The Bertz CT molecular complexity index is 1080. The number of ether oxygens (including phenoxy) is 1. The number of anilines is 1. The summed E-state index contributed by atoms with van der Waals surface area (Å²) in [6.45, 7) is 1.62. The fourth-order valence-corrected chi connectivity index (χ4v) is 2.91. The van der Waals surface area contributed by atoms with Crippen molar-refractivity contribution >= 4 is 39.3 Å². The quantitative estimate of drug-likeness (QED) is 0.465. The van der Waals surface area contributed by atoms with E-state index in [1.807, 2.05) is 19.1 Å². The van der Waals surface area contributed by atoms with Crippen LogP contribution in [0.3, 0.4) is 0 Å². The minimum Gasteiger partial charge on any atom is -0.484 e. The summed E-state index contributed by atoms with van der Waals surface area (Å²) in [7, 11) is 0. The zero-order valence-corrected chi connectivity index (χ0v) is 18.2. The van der Waals surface area contributed by atoms with Crippen LogP contribution in [0.4, 0.5) is 5.69 Å². The molecule has 0 bridgehead atoms. The molecule has 3 aromatic carbocycles. The highest BCUT2D eigenvalue weighted by Crippen LogP contribution is 2.16. The molecule has 0 spiro atoms. The normalized spacial score (nSPS) is 10.1. The number of benzene rings is 3. The minimum atomic E-state index is -0.501. The van der Waals surface area contributed by atoms with E-state index < -0.39 is 11.8 Å². The molecule has 0 aliphatic rings. The fourth-order valence-electron chi connectivity index (χ4n) is 2.65. The Morgan fingerprint density at radius 3 is 2.19 bits per heavy atom. The van der Waals surface area contributed by atoms with E-state index in [0.29, 0.717) is 22.6 Å². The predicted octanol–water partition coefficient (Wildman–Crippen LogP) is 3.85. The highest BCUT2D eigenvalue weighted by molar-refractivity contribution is 9.10. The SMILES string of the molecule is Cc1ccccc1C(=O)Nc1ccc(C(=O)NNC(=O)COc2ccc(Br)cc2)cc1. The van der Waals surface area contributed by atoms with Gasteiger partial charge in [-0.3, -0.25) is 25.2 Å². The van der Waals surface area contributed by atoms with E-state index in [0.717, 1.165) is 10.0 Å².